The number of aromatic hydroxyl groups is 1. The highest BCUT2D eigenvalue weighted by molar-refractivity contribution is 5.84. The van der Waals surface area contributed by atoms with Crippen molar-refractivity contribution in [1.29, 1.82) is 0 Å². The van der Waals surface area contributed by atoms with Crippen LogP contribution in [0.2, 0.25) is 0 Å². The van der Waals surface area contributed by atoms with Crippen molar-refractivity contribution in [2.75, 3.05) is 0 Å². The van der Waals surface area contributed by atoms with Crippen molar-refractivity contribution in [3.05, 3.63) is 36.1 Å². The largest absolute Gasteiger partial charge is 0.508 e. The zero-order valence-electron chi connectivity index (χ0n) is 8.30. The second kappa shape index (κ2) is 5.05. The van der Waals surface area contributed by atoms with E-state index in [1.807, 2.05) is 6.92 Å². The molecule has 0 spiro atoms. The maximum absolute atomic E-state index is 10.7. The molecule has 4 nitrogen and oxygen atoms in total. The third kappa shape index (κ3) is 3.34. The molecule has 0 aromatic heterocycles. The highest BCUT2D eigenvalue weighted by Gasteiger charge is 2.08. The van der Waals surface area contributed by atoms with Gasteiger partial charge in [-0.2, -0.15) is 0 Å². The summed E-state index contributed by atoms with van der Waals surface area (Å²) in [7, 11) is 0. The molecule has 0 bridgehead atoms. The number of carboxylic acids is 1. The quantitative estimate of drug-likeness (QED) is 0.587. The minimum absolute atomic E-state index is 0.108. The Morgan fingerprint density at radius 3 is 2.47 bits per heavy atom. The van der Waals surface area contributed by atoms with E-state index in [-0.39, 0.29) is 11.5 Å². The molecule has 15 heavy (non-hydrogen) atoms. The summed E-state index contributed by atoms with van der Waals surface area (Å²) in [6.45, 7) is 1.82. The highest BCUT2D eigenvalue weighted by Crippen LogP contribution is 2.18. The van der Waals surface area contributed by atoms with Gasteiger partial charge in [0, 0.05) is 0 Å². The summed E-state index contributed by atoms with van der Waals surface area (Å²) >= 11 is 0. The summed E-state index contributed by atoms with van der Waals surface area (Å²) in [5, 5.41) is 17.8. The number of hydrogen-bond acceptors (Lipinski definition) is 3. The Labute approximate surface area is 87.4 Å². The molecular formula is C11H12O4. The first kappa shape index (κ1) is 11.1. The molecule has 0 heterocycles. The number of rotatable bonds is 4. The van der Waals surface area contributed by atoms with Crippen molar-refractivity contribution in [3.63, 3.8) is 0 Å². The van der Waals surface area contributed by atoms with Gasteiger partial charge in [-0.15, -0.1) is 0 Å². The Balaban J connectivity index is 2.79. The average Bonchev–Trinajstić information content (AvgIpc) is 2.20. The van der Waals surface area contributed by atoms with E-state index in [1.54, 1.807) is 0 Å². The van der Waals surface area contributed by atoms with Crippen molar-refractivity contribution in [2.24, 2.45) is 0 Å². The second-order valence-corrected chi connectivity index (χ2v) is 2.88. The van der Waals surface area contributed by atoms with Gasteiger partial charge >= 0.3 is 5.97 Å². The Morgan fingerprint density at radius 1 is 1.40 bits per heavy atom. The van der Waals surface area contributed by atoms with E-state index < -0.39 is 5.97 Å². The van der Waals surface area contributed by atoms with Crippen molar-refractivity contribution in [1.82, 2.24) is 0 Å². The number of phenols is 1. The topological polar surface area (TPSA) is 66.8 Å². The predicted octanol–water partition coefficient (Wildman–Crippen LogP) is 2.15. The summed E-state index contributed by atoms with van der Waals surface area (Å²) in [6, 6.07) is 5.87. The van der Waals surface area contributed by atoms with E-state index >= 15 is 0 Å². The zero-order chi connectivity index (χ0) is 11.3. The van der Waals surface area contributed by atoms with Crippen molar-refractivity contribution in [3.8, 4) is 11.5 Å². The van der Waals surface area contributed by atoms with Crippen LogP contribution in [0.3, 0.4) is 0 Å². The maximum atomic E-state index is 10.7. The van der Waals surface area contributed by atoms with Crippen LogP contribution < -0.4 is 4.74 Å². The van der Waals surface area contributed by atoms with E-state index in [4.69, 9.17) is 14.9 Å². The molecule has 0 fully saturated rings. The van der Waals surface area contributed by atoms with Gasteiger partial charge in [-0.25, -0.2) is 4.79 Å². The molecule has 2 N–H and O–H groups in total. The molecule has 80 valence electrons. The minimum atomic E-state index is -1.11. The fourth-order valence-electron chi connectivity index (χ4n) is 0.999. The first-order chi connectivity index (χ1) is 7.13. The first-order valence-electron chi connectivity index (χ1n) is 4.53. The number of phenolic OH excluding ortho intramolecular Hbond substituents is 1. The van der Waals surface area contributed by atoms with Gasteiger partial charge in [-0.05, 0) is 36.8 Å². The molecule has 0 saturated carbocycles. The van der Waals surface area contributed by atoms with Gasteiger partial charge in [0.25, 0.3) is 0 Å². The maximum Gasteiger partial charge on any atom is 0.371 e. The molecule has 1 rings (SSSR count). The Morgan fingerprint density at radius 2 is 2.00 bits per heavy atom. The van der Waals surface area contributed by atoms with Gasteiger partial charge in [0.2, 0.25) is 5.76 Å². The number of carbonyl (C=O) groups is 1. The second-order valence-electron chi connectivity index (χ2n) is 2.88. The molecule has 0 saturated heterocycles. The lowest BCUT2D eigenvalue weighted by molar-refractivity contribution is -0.135. The summed E-state index contributed by atoms with van der Waals surface area (Å²) in [6.07, 6.45) is 2.06. The molecule has 1 aromatic rings. The monoisotopic (exact) mass is 208 g/mol. The van der Waals surface area contributed by atoms with E-state index in [0.717, 1.165) is 0 Å². The number of carboxylic acid groups (broad SMARTS) is 1. The number of allylic oxidation sites excluding steroid dienone is 1. The van der Waals surface area contributed by atoms with Crippen LogP contribution in [0.15, 0.2) is 36.1 Å². The van der Waals surface area contributed by atoms with Crippen LogP contribution in [0.4, 0.5) is 0 Å². The lowest BCUT2D eigenvalue weighted by Gasteiger charge is -2.05. The van der Waals surface area contributed by atoms with Gasteiger partial charge in [0.15, 0.2) is 0 Å². The van der Waals surface area contributed by atoms with E-state index in [1.165, 1.54) is 30.3 Å². The SMILES string of the molecule is CCC=C(Oc1ccc(O)cc1)C(=O)O. The molecule has 4 heteroatoms. The summed E-state index contributed by atoms with van der Waals surface area (Å²) < 4.78 is 5.12. The van der Waals surface area contributed by atoms with Crippen LogP contribution in [0.1, 0.15) is 13.3 Å². The molecule has 1 aromatic carbocycles. The van der Waals surface area contributed by atoms with Crippen LogP contribution >= 0.6 is 0 Å². The molecule has 0 unspecified atom stereocenters. The molecule has 0 aliphatic rings. The van der Waals surface area contributed by atoms with Gasteiger partial charge in [0.05, 0.1) is 0 Å². The van der Waals surface area contributed by atoms with Crippen molar-refractivity contribution < 1.29 is 19.7 Å². The zero-order valence-corrected chi connectivity index (χ0v) is 8.30. The van der Waals surface area contributed by atoms with Crippen molar-refractivity contribution >= 4 is 5.97 Å². The Kier molecular flexibility index (Phi) is 3.74. The minimum Gasteiger partial charge on any atom is -0.508 e. The molecule has 0 aliphatic carbocycles. The van der Waals surface area contributed by atoms with Gasteiger partial charge in [-0.1, -0.05) is 6.92 Å². The van der Waals surface area contributed by atoms with E-state index in [9.17, 15) is 4.79 Å². The Hall–Kier alpha value is -1.97. The standard InChI is InChI=1S/C11H12O4/c1-2-3-10(11(13)14)15-9-6-4-8(12)5-7-9/h3-7,12H,2H2,1H3,(H,13,14). The van der Waals surface area contributed by atoms with Crippen LogP contribution in [-0.4, -0.2) is 16.2 Å². The van der Waals surface area contributed by atoms with Crippen molar-refractivity contribution in [2.45, 2.75) is 13.3 Å². The number of ether oxygens (including phenoxy) is 1. The molecule has 0 radical (unpaired) electrons. The van der Waals surface area contributed by atoms with Crippen LogP contribution in [0, 0.1) is 0 Å². The summed E-state index contributed by atoms with van der Waals surface area (Å²) in [5.74, 6) is -0.721. The molecular weight excluding hydrogens is 196 g/mol. The highest BCUT2D eigenvalue weighted by atomic mass is 16.5. The van der Waals surface area contributed by atoms with Crippen LogP contribution in [-0.2, 0) is 4.79 Å². The normalized spacial score (nSPS) is 11.1. The fourth-order valence-corrected chi connectivity index (χ4v) is 0.999. The average molecular weight is 208 g/mol. The molecule has 0 atom stereocenters. The first-order valence-corrected chi connectivity index (χ1v) is 4.53. The summed E-state index contributed by atoms with van der Waals surface area (Å²) in [5.41, 5.74) is 0. The van der Waals surface area contributed by atoms with Gasteiger partial charge in [0.1, 0.15) is 11.5 Å². The summed E-state index contributed by atoms with van der Waals surface area (Å²) in [4.78, 5) is 10.7. The van der Waals surface area contributed by atoms with Crippen LogP contribution in [0.25, 0.3) is 0 Å². The number of hydrogen-bond donors (Lipinski definition) is 2. The van der Waals surface area contributed by atoms with E-state index in [2.05, 4.69) is 0 Å². The Bertz CT molecular complexity index is 365. The third-order valence-electron chi connectivity index (χ3n) is 1.66. The molecule has 0 amide bonds. The molecule has 0 aliphatic heterocycles. The number of benzene rings is 1. The van der Waals surface area contributed by atoms with Gasteiger partial charge < -0.3 is 14.9 Å². The van der Waals surface area contributed by atoms with Crippen LogP contribution in [0.5, 0.6) is 11.5 Å². The third-order valence-corrected chi connectivity index (χ3v) is 1.66. The van der Waals surface area contributed by atoms with E-state index in [0.29, 0.717) is 12.2 Å². The predicted molar refractivity (Wildman–Crippen MR) is 54.7 cm³/mol. The fraction of sp³-hybridized carbons (Fsp3) is 0.182. The number of aliphatic carboxylic acids is 1. The van der Waals surface area contributed by atoms with Gasteiger partial charge in [-0.3, -0.25) is 0 Å². The smallest absolute Gasteiger partial charge is 0.371 e. The lowest BCUT2D eigenvalue weighted by Crippen LogP contribution is -2.07. The lowest BCUT2D eigenvalue weighted by atomic mass is 10.3.